The standard InChI is InChI=1S/C20H18F3N5O2/c1-19(2)10-20(17(22)23,28-18(25)30-19)13-7-12(4-5-14(13)21)27-16(29)15-6-3-11(8-24)9-26-15/h3-7,9,17H,10H2,1-2H3,(H2,25,28)(H,27,29)/t20-/m0/s1. The van der Waals surface area contributed by atoms with Gasteiger partial charge in [-0.15, -0.1) is 0 Å². The molecule has 3 rings (SSSR count). The third-order valence-electron chi connectivity index (χ3n) is 4.56. The Balaban J connectivity index is 1.98. The molecule has 10 heteroatoms. The Morgan fingerprint density at radius 3 is 2.63 bits per heavy atom. The van der Waals surface area contributed by atoms with Crippen LogP contribution in [0, 0.1) is 17.1 Å². The molecule has 0 bridgehead atoms. The average Bonchev–Trinajstić information content (AvgIpc) is 2.67. The highest BCUT2D eigenvalue weighted by Crippen LogP contribution is 2.45. The summed E-state index contributed by atoms with van der Waals surface area (Å²) in [6, 6.07) is 7.45. The van der Waals surface area contributed by atoms with Crippen LogP contribution < -0.4 is 11.1 Å². The topological polar surface area (TPSA) is 113 Å². The predicted molar refractivity (Wildman–Crippen MR) is 102 cm³/mol. The first kappa shape index (κ1) is 21.1. The number of hydrogen-bond acceptors (Lipinski definition) is 6. The van der Waals surface area contributed by atoms with Crippen LogP contribution in [0.25, 0.3) is 0 Å². The maximum absolute atomic E-state index is 14.6. The molecule has 0 radical (unpaired) electrons. The van der Waals surface area contributed by atoms with Gasteiger partial charge in [-0.1, -0.05) is 0 Å². The lowest BCUT2D eigenvalue weighted by atomic mass is 9.80. The van der Waals surface area contributed by atoms with Gasteiger partial charge in [0.05, 0.1) is 5.56 Å². The van der Waals surface area contributed by atoms with Crippen molar-refractivity contribution in [3.05, 3.63) is 59.2 Å². The third kappa shape index (κ3) is 4.05. The molecule has 0 fully saturated rings. The summed E-state index contributed by atoms with van der Waals surface area (Å²) in [7, 11) is 0. The van der Waals surface area contributed by atoms with Gasteiger partial charge in [0.2, 0.25) is 0 Å². The summed E-state index contributed by atoms with van der Waals surface area (Å²) in [5.74, 6) is -1.57. The van der Waals surface area contributed by atoms with E-state index in [0.717, 1.165) is 12.1 Å². The maximum Gasteiger partial charge on any atom is 0.283 e. The molecule has 0 saturated carbocycles. The van der Waals surface area contributed by atoms with Crippen molar-refractivity contribution in [2.45, 2.75) is 37.8 Å². The summed E-state index contributed by atoms with van der Waals surface area (Å²) in [6.45, 7) is 3.09. The summed E-state index contributed by atoms with van der Waals surface area (Å²) in [5, 5.41) is 11.3. The van der Waals surface area contributed by atoms with Crippen molar-refractivity contribution in [2.24, 2.45) is 10.7 Å². The fourth-order valence-corrected chi connectivity index (χ4v) is 3.35. The number of nitriles is 1. The molecule has 0 unspecified atom stereocenters. The van der Waals surface area contributed by atoms with Gasteiger partial charge >= 0.3 is 0 Å². The number of halogens is 3. The van der Waals surface area contributed by atoms with Crippen LogP contribution in [0.4, 0.5) is 18.9 Å². The molecular formula is C20H18F3N5O2. The Bertz CT molecular complexity index is 1050. The number of aromatic nitrogens is 1. The van der Waals surface area contributed by atoms with E-state index in [2.05, 4.69) is 15.3 Å². The molecule has 0 aliphatic carbocycles. The van der Waals surface area contributed by atoms with Gasteiger partial charge in [-0.25, -0.2) is 23.1 Å². The number of aliphatic imine (C=N–C) groups is 1. The molecule has 30 heavy (non-hydrogen) atoms. The lowest BCUT2D eigenvalue weighted by Gasteiger charge is -2.41. The number of ether oxygens (including phenoxy) is 1. The normalized spacial score (nSPS) is 20.1. The minimum Gasteiger partial charge on any atom is -0.459 e. The van der Waals surface area contributed by atoms with E-state index in [0.29, 0.717) is 0 Å². The van der Waals surface area contributed by atoms with Gasteiger partial charge in [0, 0.05) is 23.9 Å². The van der Waals surface area contributed by atoms with E-state index in [1.165, 1.54) is 24.4 Å². The summed E-state index contributed by atoms with van der Waals surface area (Å²) in [5.41, 5.74) is 2.14. The molecule has 2 heterocycles. The van der Waals surface area contributed by atoms with Gasteiger partial charge in [0.25, 0.3) is 18.4 Å². The Morgan fingerprint density at radius 1 is 1.33 bits per heavy atom. The lowest BCUT2D eigenvalue weighted by molar-refractivity contribution is -0.0334. The number of alkyl halides is 2. The molecule has 1 aliphatic rings. The Labute approximate surface area is 170 Å². The van der Waals surface area contributed by atoms with Gasteiger partial charge in [-0.2, -0.15) is 5.26 Å². The molecule has 156 valence electrons. The van der Waals surface area contributed by atoms with E-state index >= 15 is 0 Å². The van der Waals surface area contributed by atoms with Gasteiger partial charge < -0.3 is 15.8 Å². The molecule has 1 aromatic heterocycles. The Morgan fingerprint density at radius 2 is 2.07 bits per heavy atom. The molecule has 1 amide bonds. The number of carbonyl (C=O) groups is 1. The number of nitrogens with two attached hydrogens (primary N) is 1. The van der Waals surface area contributed by atoms with Gasteiger partial charge in [0.15, 0.2) is 5.54 Å². The first-order chi connectivity index (χ1) is 14.1. The van der Waals surface area contributed by atoms with E-state index in [-0.39, 0.29) is 23.4 Å². The van der Waals surface area contributed by atoms with Crippen molar-refractivity contribution < 1.29 is 22.7 Å². The van der Waals surface area contributed by atoms with Crippen molar-refractivity contribution in [1.82, 2.24) is 4.98 Å². The molecule has 7 nitrogen and oxygen atoms in total. The number of carbonyl (C=O) groups excluding carboxylic acids is 1. The number of benzene rings is 1. The highest BCUT2D eigenvalue weighted by molar-refractivity contribution is 6.02. The van der Waals surface area contributed by atoms with Crippen LogP contribution in [0.2, 0.25) is 0 Å². The van der Waals surface area contributed by atoms with Crippen LogP contribution in [0.3, 0.4) is 0 Å². The van der Waals surface area contributed by atoms with Crippen LogP contribution in [0.15, 0.2) is 41.5 Å². The van der Waals surface area contributed by atoms with Gasteiger partial charge in [-0.3, -0.25) is 4.79 Å². The highest BCUT2D eigenvalue weighted by Gasteiger charge is 2.51. The minimum atomic E-state index is -3.08. The third-order valence-corrected chi connectivity index (χ3v) is 4.56. The van der Waals surface area contributed by atoms with Crippen molar-refractivity contribution in [1.29, 1.82) is 5.26 Å². The number of amidine groups is 1. The number of hydrogen-bond donors (Lipinski definition) is 2. The summed E-state index contributed by atoms with van der Waals surface area (Å²) < 4.78 is 48.3. The number of anilines is 1. The van der Waals surface area contributed by atoms with Crippen molar-refractivity contribution in [2.75, 3.05) is 5.32 Å². The summed E-state index contributed by atoms with van der Waals surface area (Å²) in [4.78, 5) is 20.0. The maximum atomic E-state index is 14.6. The number of rotatable bonds is 4. The van der Waals surface area contributed by atoms with Crippen molar-refractivity contribution >= 4 is 17.6 Å². The lowest BCUT2D eigenvalue weighted by Crippen LogP contribution is -2.49. The monoisotopic (exact) mass is 417 g/mol. The van der Waals surface area contributed by atoms with E-state index in [1.807, 2.05) is 6.07 Å². The van der Waals surface area contributed by atoms with E-state index in [1.54, 1.807) is 13.8 Å². The zero-order valence-corrected chi connectivity index (χ0v) is 16.1. The number of nitrogens with zero attached hydrogens (tertiary/aromatic N) is 3. The number of nitrogens with one attached hydrogen (secondary N) is 1. The minimum absolute atomic E-state index is 0.00193. The second kappa shape index (κ2) is 7.67. The van der Waals surface area contributed by atoms with E-state index < -0.39 is 40.9 Å². The number of pyridine rings is 1. The van der Waals surface area contributed by atoms with Crippen LogP contribution >= 0.6 is 0 Å². The molecule has 1 atom stereocenters. The molecule has 0 saturated heterocycles. The average molecular weight is 417 g/mol. The molecule has 1 aromatic carbocycles. The molecule has 0 spiro atoms. The first-order valence-corrected chi connectivity index (χ1v) is 8.86. The van der Waals surface area contributed by atoms with Crippen LogP contribution in [-0.2, 0) is 10.3 Å². The quantitative estimate of drug-likeness (QED) is 0.792. The van der Waals surface area contributed by atoms with Crippen LogP contribution in [0.1, 0.15) is 41.9 Å². The van der Waals surface area contributed by atoms with Crippen LogP contribution in [0.5, 0.6) is 0 Å². The second-order valence-corrected chi connectivity index (χ2v) is 7.41. The summed E-state index contributed by atoms with van der Waals surface area (Å²) in [6.07, 6.45) is -2.19. The van der Waals surface area contributed by atoms with Crippen LogP contribution in [-0.4, -0.2) is 28.9 Å². The van der Waals surface area contributed by atoms with Crippen molar-refractivity contribution in [3.8, 4) is 6.07 Å². The van der Waals surface area contributed by atoms with Gasteiger partial charge in [0.1, 0.15) is 23.2 Å². The van der Waals surface area contributed by atoms with E-state index in [4.69, 9.17) is 15.7 Å². The number of amides is 1. The summed E-state index contributed by atoms with van der Waals surface area (Å²) >= 11 is 0. The van der Waals surface area contributed by atoms with E-state index in [9.17, 15) is 18.0 Å². The highest BCUT2D eigenvalue weighted by atomic mass is 19.3. The van der Waals surface area contributed by atoms with Crippen molar-refractivity contribution in [3.63, 3.8) is 0 Å². The molecule has 2 aromatic rings. The molecule has 3 N–H and O–H groups in total. The first-order valence-electron chi connectivity index (χ1n) is 8.86. The zero-order valence-electron chi connectivity index (χ0n) is 16.1. The fraction of sp³-hybridized carbons (Fsp3) is 0.300. The molecular weight excluding hydrogens is 399 g/mol. The van der Waals surface area contributed by atoms with Gasteiger partial charge in [-0.05, 0) is 44.2 Å². The molecule has 1 aliphatic heterocycles. The Hall–Kier alpha value is -3.61. The smallest absolute Gasteiger partial charge is 0.283 e. The largest absolute Gasteiger partial charge is 0.459 e. The Kier molecular flexibility index (Phi) is 5.39. The second-order valence-electron chi connectivity index (χ2n) is 7.41. The SMILES string of the molecule is CC1(C)C[C@](c2cc(NC(=O)c3ccc(C#N)cn3)ccc2F)(C(F)F)N=C(N)O1. The predicted octanol–water partition coefficient (Wildman–Crippen LogP) is 3.32. The fourth-order valence-electron chi connectivity index (χ4n) is 3.35. The zero-order chi connectivity index (χ0) is 22.1.